The Hall–Kier alpha value is -1.41. The lowest BCUT2D eigenvalue weighted by Crippen LogP contribution is -2.21. The maximum absolute atomic E-state index is 11.3. The van der Waals surface area contributed by atoms with Crippen molar-refractivity contribution in [3.05, 3.63) is 27.4 Å². The third-order valence-corrected chi connectivity index (χ3v) is 4.54. The topological polar surface area (TPSA) is 102 Å². The van der Waals surface area contributed by atoms with Crippen LogP contribution in [0, 0.1) is 10.1 Å². The summed E-state index contributed by atoms with van der Waals surface area (Å²) in [5.74, 6) is 0.346. The number of aromatic nitrogens is 1. The highest BCUT2D eigenvalue weighted by Crippen LogP contribution is 2.23. The summed E-state index contributed by atoms with van der Waals surface area (Å²) in [6.45, 7) is 0. The van der Waals surface area contributed by atoms with Crippen molar-refractivity contribution < 1.29 is 13.3 Å². The molecule has 1 N–H and O–H groups in total. The second kappa shape index (κ2) is 4.69. The van der Waals surface area contributed by atoms with Crippen LogP contribution < -0.4 is 5.32 Å². The lowest BCUT2D eigenvalue weighted by Gasteiger charge is -2.11. The molecule has 1 aliphatic rings. The van der Waals surface area contributed by atoms with Gasteiger partial charge >= 0.3 is 0 Å². The van der Waals surface area contributed by atoms with Crippen molar-refractivity contribution in [2.75, 3.05) is 16.8 Å². The molecule has 2 heterocycles. The number of nitro groups is 1. The van der Waals surface area contributed by atoms with Crippen LogP contribution in [0.25, 0.3) is 0 Å². The fourth-order valence-electron chi connectivity index (χ4n) is 1.78. The van der Waals surface area contributed by atoms with Gasteiger partial charge in [0.25, 0.3) is 5.69 Å². The molecule has 0 radical (unpaired) electrons. The van der Waals surface area contributed by atoms with Crippen LogP contribution in [0.15, 0.2) is 12.1 Å². The quantitative estimate of drug-likeness (QED) is 0.511. The Bertz CT molecular complexity index is 589. The minimum atomic E-state index is -3.01. The van der Waals surface area contributed by atoms with Crippen LogP contribution in [0.3, 0.4) is 0 Å². The Morgan fingerprint density at radius 3 is 2.78 bits per heavy atom. The lowest BCUT2D eigenvalue weighted by atomic mass is 10.2. The van der Waals surface area contributed by atoms with Gasteiger partial charge in [-0.3, -0.25) is 10.1 Å². The van der Waals surface area contributed by atoms with Crippen LogP contribution in [0.1, 0.15) is 6.42 Å². The molecule has 0 spiro atoms. The third-order valence-electron chi connectivity index (χ3n) is 2.57. The van der Waals surface area contributed by atoms with Gasteiger partial charge in [-0.1, -0.05) is 11.6 Å². The van der Waals surface area contributed by atoms with Crippen molar-refractivity contribution in [1.82, 2.24) is 4.98 Å². The number of pyridine rings is 1. The van der Waals surface area contributed by atoms with Crippen LogP contribution in [0.4, 0.5) is 11.5 Å². The van der Waals surface area contributed by atoms with Gasteiger partial charge in [-0.2, -0.15) is 0 Å². The van der Waals surface area contributed by atoms with Gasteiger partial charge in [-0.15, -0.1) is 0 Å². The summed E-state index contributed by atoms with van der Waals surface area (Å²) in [6.07, 6.45) is 0.463. The number of nitrogens with zero attached hydrogens (tertiary/aromatic N) is 2. The SMILES string of the molecule is O=[N+]([O-])c1cc(Cl)nc(NC2CCS(=O)(=O)C2)c1. The van der Waals surface area contributed by atoms with Crippen LogP contribution in [0.2, 0.25) is 5.15 Å². The van der Waals surface area contributed by atoms with Gasteiger partial charge in [0, 0.05) is 6.04 Å². The van der Waals surface area contributed by atoms with Crippen molar-refractivity contribution in [3.63, 3.8) is 0 Å². The molecule has 0 aromatic carbocycles. The number of anilines is 1. The molecule has 1 saturated heterocycles. The molecular weight excluding hydrogens is 282 g/mol. The van der Waals surface area contributed by atoms with E-state index in [0.717, 1.165) is 6.07 Å². The molecule has 9 heteroatoms. The van der Waals surface area contributed by atoms with Crippen LogP contribution in [-0.2, 0) is 9.84 Å². The molecule has 0 bridgehead atoms. The van der Waals surface area contributed by atoms with Crippen molar-refractivity contribution in [2.24, 2.45) is 0 Å². The van der Waals surface area contributed by atoms with E-state index >= 15 is 0 Å². The smallest absolute Gasteiger partial charge is 0.276 e. The highest BCUT2D eigenvalue weighted by molar-refractivity contribution is 7.91. The minimum absolute atomic E-state index is 0.00689. The molecule has 1 aromatic rings. The maximum Gasteiger partial charge on any atom is 0.276 e. The van der Waals surface area contributed by atoms with Crippen molar-refractivity contribution in [3.8, 4) is 0 Å². The van der Waals surface area contributed by atoms with E-state index in [1.165, 1.54) is 6.07 Å². The minimum Gasteiger partial charge on any atom is -0.366 e. The monoisotopic (exact) mass is 291 g/mol. The first-order valence-electron chi connectivity index (χ1n) is 5.15. The van der Waals surface area contributed by atoms with Crippen LogP contribution in [-0.4, -0.2) is 35.9 Å². The number of hydrogen-bond donors (Lipinski definition) is 1. The van der Waals surface area contributed by atoms with E-state index in [0.29, 0.717) is 6.42 Å². The highest BCUT2D eigenvalue weighted by atomic mass is 35.5. The highest BCUT2D eigenvalue weighted by Gasteiger charge is 2.28. The van der Waals surface area contributed by atoms with Gasteiger partial charge in [0.1, 0.15) is 11.0 Å². The molecule has 0 saturated carbocycles. The number of rotatable bonds is 3. The third kappa shape index (κ3) is 3.08. The maximum atomic E-state index is 11.3. The zero-order valence-electron chi connectivity index (χ0n) is 9.17. The predicted molar refractivity (Wildman–Crippen MR) is 66.6 cm³/mol. The average Bonchev–Trinajstić information content (AvgIpc) is 2.57. The van der Waals surface area contributed by atoms with Crippen LogP contribution in [0.5, 0.6) is 0 Å². The van der Waals surface area contributed by atoms with Crippen molar-refractivity contribution in [2.45, 2.75) is 12.5 Å². The number of halogens is 1. The summed E-state index contributed by atoms with van der Waals surface area (Å²) in [7, 11) is -3.01. The number of hydrogen-bond acceptors (Lipinski definition) is 6. The molecular formula is C9H10ClN3O4S. The van der Waals surface area contributed by atoms with E-state index in [2.05, 4.69) is 10.3 Å². The molecule has 1 fully saturated rings. The normalized spacial score (nSPS) is 21.7. The van der Waals surface area contributed by atoms with E-state index in [-0.39, 0.29) is 34.2 Å². The number of nitrogens with one attached hydrogen (secondary N) is 1. The van der Waals surface area contributed by atoms with Gasteiger partial charge in [-0.05, 0) is 6.42 Å². The Kier molecular flexibility index (Phi) is 3.40. The first-order valence-corrected chi connectivity index (χ1v) is 7.34. The summed E-state index contributed by atoms with van der Waals surface area (Å²) in [5.41, 5.74) is -0.182. The first kappa shape index (κ1) is 13.0. The summed E-state index contributed by atoms with van der Waals surface area (Å²) in [6, 6.07) is 2.09. The van der Waals surface area contributed by atoms with Gasteiger partial charge < -0.3 is 5.32 Å². The summed E-state index contributed by atoms with van der Waals surface area (Å²) in [5, 5.41) is 13.5. The average molecular weight is 292 g/mol. The molecule has 1 unspecified atom stereocenters. The van der Waals surface area contributed by atoms with Gasteiger partial charge in [0.05, 0.1) is 28.6 Å². The predicted octanol–water partition coefficient (Wildman–Crippen LogP) is 1.24. The molecule has 2 rings (SSSR count). The van der Waals surface area contributed by atoms with Crippen molar-refractivity contribution in [1.29, 1.82) is 0 Å². The van der Waals surface area contributed by atoms with Gasteiger partial charge in [0.15, 0.2) is 9.84 Å². The zero-order valence-corrected chi connectivity index (χ0v) is 10.7. The second-order valence-corrected chi connectivity index (χ2v) is 6.65. The van der Waals surface area contributed by atoms with E-state index in [9.17, 15) is 18.5 Å². The lowest BCUT2D eigenvalue weighted by molar-refractivity contribution is -0.384. The summed E-state index contributed by atoms with van der Waals surface area (Å²) in [4.78, 5) is 13.9. The largest absolute Gasteiger partial charge is 0.366 e. The standard InChI is InChI=1S/C9H10ClN3O4S/c10-8-3-7(13(14)15)4-9(12-8)11-6-1-2-18(16,17)5-6/h3-4,6H,1-2,5H2,(H,11,12). The summed E-state index contributed by atoms with van der Waals surface area (Å²) < 4.78 is 22.6. The molecule has 0 aliphatic carbocycles. The Morgan fingerprint density at radius 2 is 2.22 bits per heavy atom. The molecule has 7 nitrogen and oxygen atoms in total. The van der Waals surface area contributed by atoms with E-state index in [4.69, 9.17) is 11.6 Å². The van der Waals surface area contributed by atoms with E-state index in [1.807, 2.05) is 0 Å². The Morgan fingerprint density at radius 1 is 1.50 bits per heavy atom. The van der Waals surface area contributed by atoms with Crippen molar-refractivity contribution >= 4 is 32.9 Å². The van der Waals surface area contributed by atoms with Crippen LogP contribution >= 0.6 is 11.6 Å². The number of sulfone groups is 1. The first-order chi connectivity index (χ1) is 8.35. The van der Waals surface area contributed by atoms with Gasteiger partial charge in [-0.25, -0.2) is 13.4 Å². The molecule has 1 aromatic heterocycles. The Balaban J connectivity index is 2.17. The van der Waals surface area contributed by atoms with E-state index < -0.39 is 14.8 Å². The molecule has 0 amide bonds. The molecule has 1 aliphatic heterocycles. The molecule has 18 heavy (non-hydrogen) atoms. The zero-order chi connectivity index (χ0) is 13.3. The Labute approximate surface area is 108 Å². The van der Waals surface area contributed by atoms with E-state index in [1.54, 1.807) is 0 Å². The molecule has 1 atom stereocenters. The fraction of sp³-hybridized carbons (Fsp3) is 0.444. The fourth-order valence-corrected chi connectivity index (χ4v) is 3.66. The van der Waals surface area contributed by atoms with Gasteiger partial charge in [0.2, 0.25) is 0 Å². The summed E-state index contributed by atoms with van der Waals surface area (Å²) >= 11 is 5.66. The second-order valence-electron chi connectivity index (χ2n) is 4.03. The molecule has 98 valence electrons.